The largest absolute Gasteiger partial charge is 0.494 e. The van der Waals surface area contributed by atoms with E-state index in [2.05, 4.69) is 10.6 Å². The zero-order valence-corrected chi connectivity index (χ0v) is 14.2. The van der Waals surface area contributed by atoms with Gasteiger partial charge in [-0.3, -0.25) is 9.59 Å². The van der Waals surface area contributed by atoms with Gasteiger partial charge in [-0.05, 0) is 43.2 Å². The molecule has 0 saturated carbocycles. The van der Waals surface area contributed by atoms with Crippen molar-refractivity contribution in [1.29, 1.82) is 0 Å². The van der Waals surface area contributed by atoms with E-state index in [4.69, 9.17) is 10.5 Å². The molecule has 4 N–H and O–H groups in total. The molecule has 6 nitrogen and oxygen atoms in total. The summed E-state index contributed by atoms with van der Waals surface area (Å²) in [6, 6.07) is 14.8. The standard InChI is InChI=1S/C19H23N3O3/c1-14-9-10-15(12-17(14)22-19(24)13-20)21-18(23)8-5-11-25-16-6-3-2-4-7-16/h2-4,6-7,9-10,12H,5,8,11,13,20H2,1H3,(H,21,23)(H,22,24). The number of benzene rings is 2. The summed E-state index contributed by atoms with van der Waals surface area (Å²) >= 11 is 0. The number of amides is 2. The number of anilines is 2. The summed E-state index contributed by atoms with van der Waals surface area (Å²) in [5.74, 6) is 0.419. The molecule has 0 atom stereocenters. The summed E-state index contributed by atoms with van der Waals surface area (Å²) in [6.07, 6.45) is 0.967. The van der Waals surface area contributed by atoms with Gasteiger partial charge < -0.3 is 21.1 Å². The Morgan fingerprint density at radius 1 is 1.04 bits per heavy atom. The molecule has 0 fully saturated rings. The van der Waals surface area contributed by atoms with E-state index in [1.165, 1.54) is 0 Å². The number of rotatable bonds is 8. The third-order valence-corrected chi connectivity index (χ3v) is 3.54. The third kappa shape index (κ3) is 6.27. The van der Waals surface area contributed by atoms with Gasteiger partial charge in [0.15, 0.2) is 0 Å². The van der Waals surface area contributed by atoms with Crippen LogP contribution < -0.4 is 21.1 Å². The molecule has 6 heteroatoms. The molecule has 2 rings (SSSR count). The van der Waals surface area contributed by atoms with Crippen LogP contribution >= 0.6 is 0 Å². The van der Waals surface area contributed by atoms with E-state index in [0.717, 1.165) is 11.3 Å². The van der Waals surface area contributed by atoms with Crippen molar-refractivity contribution in [3.05, 3.63) is 54.1 Å². The van der Waals surface area contributed by atoms with Gasteiger partial charge in [-0.25, -0.2) is 0 Å². The Morgan fingerprint density at radius 2 is 1.80 bits per heavy atom. The fraction of sp³-hybridized carbons (Fsp3) is 0.263. The van der Waals surface area contributed by atoms with Crippen molar-refractivity contribution in [3.8, 4) is 5.75 Å². The normalized spacial score (nSPS) is 10.2. The van der Waals surface area contributed by atoms with Crippen LogP contribution in [0.2, 0.25) is 0 Å². The molecule has 2 aromatic rings. The predicted octanol–water partition coefficient (Wildman–Crippen LogP) is 2.69. The van der Waals surface area contributed by atoms with Crippen molar-refractivity contribution in [2.45, 2.75) is 19.8 Å². The molecular weight excluding hydrogens is 318 g/mol. The van der Waals surface area contributed by atoms with E-state index in [1.54, 1.807) is 12.1 Å². The third-order valence-electron chi connectivity index (χ3n) is 3.54. The van der Waals surface area contributed by atoms with Gasteiger partial charge in [0, 0.05) is 17.8 Å². The highest BCUT2D eigenvalue weighted by Gasteiger charge is 2.07. The summed E-state index contributed by atoms with van der Waals surface area (Å²) in [7, 11) is 0. The van der Waals surface area contributed by atoms with E-state index < -0.39 is 0 Å². The van der Waals surface area contributed by atoms with Crippen LogP contribution in [0.25, 0.3) is 0 Å². The van der Waals surface area contributed by atoms with Crippen LogP contribution in [0.3, 0.4) is 0 Å². The van der Waals surface area contributed by atoms with Crippen molar-refractivity contribution < 1.29 is 14.3 Å². The van der Waals surface area contributed by atoms with Crippen LogP contribution in [0.15, 0.2) is 48.5 Å². The van der Waals surface area contributed by atoms with E-state index in [-0.39, 0.29) is 18.4 Å². The minimum atomic E-state index is -0.273. The number of hydrogen-bond donors (Lipinski definition) is 3. The number of nitrogens with two attached hydrogens (primary N) is 1. The second-order valence-electron chi connectivity index (χ2n) is 5.60. The lowest BCUT2D eigenvalue weighted by Crippen LogP contribution is -2.22. The number of carbonyl (C=O) groups is 2. The van der Waals surface area contributed by atoms with Gasteiger partial charge in [0.25, 0.3) is 0 Å². The van der Waals surface area contributed by atoms with E-state index in [1.807, 2.05) is 43.3 Å². The van der Waals surface area contributed by atoms with Crippen LogP contribution in [0.5, 0.6) is 5.75 Å². The molecular formula is C19H23N3O3. The summed E-state index contributed by atoms with van der Waals surface area (Å²) in [6.45, 7) is 2.26. The smallest absolute Gasteiger partial charge is 0.238 e. The number of carbonyl (C=O) groups excluding carboxylic acids is 2. The quantitative estimate of drug-likeness (QED) is 0.644. The first kappa shape index (κ1) is 18.5. The van der Waals surface area contributed by atoms with Crippen molar-refractivity contribution in [1.82, 2.24) is 0 Å². The molecule has 0 spiro atoms. The molecule has 0 aliphatic carbocycles. The highest BCUT2D eigenvalue weighted by atomic mass is 16.5. The SMILES string of the molecule is Cc1ccc(NC(=O)CCCOc2ccccc2)cc1NC(=O)CN. The molecule has 0 bridgehead atoms. The lowest BCUT2D eigenvalue weighted by molar-refractivity contribution is -0.116. The molecule has 0 unspecified atom stereocenters. The molecule has 0 aliphatic rings. The number of ether oxygens (including phenoxy) is 1. The topological polar surface area (TPSA) is 93.5 Å². The number of nitrogens with one attached hydrogen (secondary N) is 2. The van der Waals surface area contributed by atoms with Gasteiger partial charge in [0.1, 0.15) is 5.75 Å². The zero-order chi connectivity index (χ0) is 18.1. The average Bonchev–Trinajstić information content (AvgIpc) is 2.62. The highest BCUT2D eigenvalue weighted by Crippen LogP contribution is 2.20. The molecule has 0 radical (unpaired) electrons. The molecule has 0 saturated heterocycles. The summed E-state index contributed by atoms with van der Waals surface area (Å²) in [4.78, 5) is 23.4. The molecule has 0 aliphatic heterocycles. The molecule has 0 aromatic heterocycles. The zero-order valence-electron chi connectivity index (χ0n) is 14.2. The lowest BCUT2D eigenvalue weighted by atomic mass is 10.1. The Labute approximate surface area is 147 Å². The van der Waals surface area contributed by atoms with Crippen LogP contribution in [0, 0.1) is 6.92 Å². The van der Waals surface area contributed by atoms with Crippen molar-refractivity contribution in [2.75, 3.05) is 23.8 Å². The van der Waals surface area contributed by atoms with Gasteiger partial charge in [-0.15, -0.1) is 0 Å². The molecule has 0 heterocycles. The number of hydrogen-bond acceptors (Lipinski definition) is 4. The fourth-order valence-electron chi connectivity index (χ4n) is 2.20. The molecule has 2 amide bonds. The Hall–Kier alpha value is -2.86. The maximum absolute atomic E-state index is 12.0. The monoisotopic (exact) mass is 341 g/mol. The highest BCUT2D eigenvalue weighted by molar-refractivity contribution is 5.95. The first-order valence-electron chi connectivity index (χ1n) is 8.17. The molecule has 25 heavy (non-hydrogen) atoms. The van der Waals surface area contributed by atoms with Crippen molar-refractivity contribution >= 4 is 23.2 Å². The first-order chi connectivity index (χ1) is 12.1. The van der Waals surface area contributed by atoms with Gasteiger partial charge in [0.2, 0.25) is 11.8 Å². The van der Waals surface area contributed by atoms with Crippen LogP contribution in [-0.4, -0.2) is 25.0 Å². The minimum Gasteiger partial charge on any atom is -0.494 e. The number of para-hydroxylation sites is 1. The van der Waals surface area contributed by atoms with Gasteiger partial charge in [-0.2, -0.15) is 0 Å². The Morgan fingerprint density at radius 3 is 2.52 bits per heavy atom. The van der Waals surface area contributed by atoms with E-state index in [9.17, 15) is 9.59 Å². The lowest BCUT2D eigenvalue weighted by Gasteiger charge is -2.11. The Kier molecular flexibility index (Phi) is 6.98. The maximum Gasteiger partial charge on any atom is 0.238 e. The minimum absolute atomic E-state index is 0.0859. The second kappa shape index (κ2) is 9.44. The molecule has 132 valence electrons. The fourth-order valence-corrected chi connectivity index (χ4v) is 2.20. The van der Waals surface area contributed by atoms with Gasteiger partial charge in [0.05, 0.1) is 13.2 Å². The predicted molar refractivity (Wildman–Crippen MR) is 98.7 cm³/mol. The van der Waals surface area contributed by atoms with Crippen LogP contribution in [0.4, 0.5) is 11.4 Å². The van der Waals surface area contributed by atoms with E-state index >= 15 is 0 Å². The van der Waals surface area contributed by atoms with Gasteiger partial charge >= 0.3 is 0 Å². The number of aryl methyl sites for hydroxylation is 1. The van der Waals surface area contributed by atoms with E-state index in [0.29, 0.717) is 30.8 Å². The van der Waals surface area contributed by atoms with Gasteiger partial charge in [-0.1, -0.05) is 24.3 Å². The average molecular weight is 341 g/mol. The van der Waals surface area contributed by atoms with Crippen LogP contribution in [-0.2, 0) is 9.59 Å². The second-order valence-corrected chi connectivity index (χ2v) is 5.60. The summed E-state index contributed by atoms with van der Waals surface area (Å²) in [5.41, 5.74) is 7.48. The van der Waals surface area contributed by atoms with Crippen molar-refractivity contribution in [3.63, 3.8) is 0 Å². The van der Waals surface area contributed by atoms with Crippen LogP contribution in [0.1, 0.15) is 18.4 Å². The first-order valence-corrected chi connectivity index (χ1v) is 8.17. The summed E-state index contributed by atoms with van der Waals surface area (Å²) < 4.78 is 5.56. The Bertz CT molecular complexity index is 717. The summed E-state index contributed by atoms with van der Waals surface area (Å²) in [5, 5.41) is 5.53. The molecule has 2 aromatic carbocycles. The van der Waals surface area contributed by atoms with Crippen molar-refractivity contribution in [2.24, 2.45) is 5.73 Å². The Balaban J connectivity index is 1.79. The maximum atomic E-state index is 12.0.